The molecule has 25 heavy (non-hydrogen) atoms. The first-order chi connectivity index (χ1) is 12.2. The van der Waals surface area contributed by atoms with Crippen LogP contribution < -0.4 is 16.4 Å². The standard InChI is InChI=1S/C18H22ClN5O/c19-15-10-22-18(24-17(15)21-9-3-8-20)23-16-7-6-12-4-1-2-5-13(12)14(16)11-25/h6-7,10-11H,1-5,8-9,20H2,(H2,21,22,23,24). The molecule has 3 rings (SSSR count). The number of nitrogens with one attached hydrogen (secondary N) is 2. The Kier molecular flexibility index (Phi) is 5.83. The van der Waals surface area contributed by atoms with E-state index >= 15 is 0 Å². The minimum atomic E-state index is 0.401. The molecule has 2 aromatic rings. The topological polar surface area (TPSA) is 92.9 Å². The molecule has 0 fully saturated rings. The van der Waals surface area contributed by atoms with E-state index in [0.717, 1.165) is 43.2 Å². The highest BCUT2D eigenvalue weighted by molar-refractivity contribution is 6.32. The van der Waals surface area contributed by atoms with E-state index in [1.165, 1.54) is 12.0 Å². The summed E-state index contributed by atoms with van der Waals surface area (Å²) < 4.78 is 0. The molecule has 132 valence electrons. The number of aromatic nitrogens is 2. The number of fused-ring (bicyclic) bond motifs is 1. The normalized spacial score (nSPS) is 13.2. The minimum Gasteiger partial charge on any atom is -0.369 e. The maximum absolute atomic E-state index is 11.7. The van der Waals surface area contributed by atoms with Crippen LogP contribution in [0.1, 0.15) is 40.7 Å². The van der Waals surface area contributed by atoms with Gasteiger partial charge in [-0.1, -0.05) is 17.7 Å². The molecular weight excluding hydrogens is 338 g/mol. The molecule has 0 unspecified atom stereocenters. The number of aryl methyl sites for hydroxylation is 1. The van der Waals surface area contributed by atoms with Crippen LogP contribution in [0.5, 0.6) is 0 Å². The van der Waals surface area contributed by atoms with Crippen LogP contribution in [0.4, 0.5) is 17.5 Å². The molecule has 0 amide bonds. The maximum atomic E-state index is 11.7. The van der Waals surface area contributed by atoms with E-state index in [1.807, 2.05) is 6.07 Å². The quantitative estimate of drug-likeness (QED) is 0.518. The van der Waals surface area contributed by atoms with Crippen LogP contribution in [0, 0.1) is 0 Å². The molecule has 1 heterocycles. The summed E-state index contributed by atoms with van der Waals surface area (Å²) in [7, 11) is 0. The lowest BCUT2D eigenvalue weighted by Crippen LogP contribution is -2.11. The summed E-state index contributed by atoms with van der Waals surface area (Å²) in [5, 5.41) is 6.75. The third-order valence-corrected chi connectivity index (χ3v) is 4.64. The number of anilines is 3. The first-order valence-corrected chi connectivity index (χ1v) is 8.94. The van der Waals surface area contributed by atoms with Crippen LogP contribution >= 0.6 is 11.6 Å². The van der Waals surface area contributed by atoms with Gasteiger partial charge in [0, 0.05) is 12.1 Å². The molecule has 0 aliphatic heterocycles. The molecule has 0 spiro atoms. The molecule has 0 bridgehead atoms. The van der Waals surface area contributed by atoms with Gasteiger partial charge in [-0.3, -0.25) is 4.79 Å². The molecule has 6 nitrogen and oxygen atoms in total. The monoisotopic (exact) mass is 359 g/mol. The Hall–Kier alpha value is -2.18. The van der Waals surface area contributed by atoms with E-state index in [0.29, 0.717) is 35.4 Å². The lowest BCUT2D eigenvalue weighted by Gasteiger charge is -2.20. The van der Waals surface area contributed by atoms with Gasteiger partial charge >= 0.3 is 0 Å². The van der Waals surface area contributed by atoms with Gasteiger partial charge in [0.05, 0.1) is 11.9 Å². The van der Waals surface area contributed by atoms with Crippen molar-refractivity contribution in [3.05, 3.63) is 40.0 Å². The third kappa shape index (κ3) is 4.08. The molecule has 1 aromatic heterocycles. The predicted octanol–water partition coefficient (Wildman–Crippen LogP) is 3.33. The first-order valence-electron chi connectivity index (χ1n) is 8.56. The highest BCUT2D eigenvalue weighted by Crippen LogP contribution is 2.30. The van der Waals surface area contributed by atoms with Crippen molar-refractivity contribution in [3.63, 3.8) is 0 Å². The Morgan fingerprint density at radius 1 is 1.28 bits per heavy atom. The highest BCUT2D eigenvalue weighted by atomic mass is 35.5. The van der Waals surface area contributed by atoms with Gasteiger partial charge in [-0.25, -0.2) is 4.98 Å². The molecule has 1 aliphatic rings. The molecule has 1 aliphatic carbocycles. The van der Waals surface area contributed by atoms with Gasteiger partial charge in [-0.15, -0.1) is 0 Å². The Morgan fingerprint density at radius 3 is 2.92 bits per heavy atom. The molecule has 1 aromatic carbocycles. The summed E-state index contributed by atoms with van der Waals surface area (Å²) in [6, 6.07) is 4.01. The number of benzene rings is 1. The van der Waals surface area contributed by atoms with Crippen LogP contribution in [0.2, 0.25) is 5.02 Å². The molecule has 7 heteroatoms. The van der Waals surface area contributed by atoms with Crippen LogP contribution in [0.3, 0.4) is 0 Å². The Bertz CT molecular complexity index is 765. The van der Waals surface area contributed by atoms with Gasteiger partial charge in [0.15, 0.2) is 6.29 Å². The lowest BCUT2D eigenvalue weighted by atomic mass is 9.88. The molecule has 0 atom stereocenters. The number of carbonyl (C=O) groups is 1. The van der Waals surface area contributed by atoms with Crippen LogP contribution in [-0.2, 0) is 12.8 Å². The molecule has 0 saturated carbocycles. The van der Waals surface area contributed by atoms with Gasteiger partial charge < -0.3 is 16.4 Å². The zero-order valence-corrected chi connectivity index (χ0v) is 14.8. The maximum Gasteiger partial charge on any atom is 0.229 e. The smallest absolute Gasteiger partial charge is 0.229 e. The van der Waals surface area contributed by atoms with Crippen molar-refractivity contribution in [3.8, 4) is 0 Å². The van der Waals surface area contributed by atoms with Crippen molar-refractivity contribution >= 4 is 35.3 Å². The zero-order valence-electron chi connectivity index (χ0n) is 14.0. The molecule has 0 saturated heterocycles. The summed E-state index contributed by atoms with van der Waals surface area (Å²) in [6.45, 7) is 1.28. The number of carbonyl (C=O) groups excluding carboxylic acids is 1. The second kappa shape index (κ2) is 8.27. The Labute approximate surface area is 152 Å². The van der Waals surface area contributed by atoms with Crippen molar-refractivity contribution < 1.29 is 4.79 Å². The van der Waals surface area contributed by atoms with Crippen LogP contribution in [-0.4, -0.2) is 29.3 Å². The minimum absolute atomic E-state index is 0.401. The fourth-order valence-corrected chi connectivity index (χ4v) is 3.24. The van der Waals surface area contributed by atoms with E-state index in [-0.39, 0.29) is 0 Å². The van der Waals surface area contributed by atoms with Crippen molar-refractivity contribution in [2.75, 3.05) is 23.7 Å². The number of rotatable bonds is 7. The van der Waals surface area contributed by atoms with E-state index < -0.39 is 0 Å². The van der Waals surface area contributed by atoms with Gasteiger partial charge in [-0.2, -0.15) is 4.98 Å². The summed E-state index contributed by atoms with van der Waals surface area (Å²) >= 11 is 6.13. The summed E-state index contributed by atoms with van der Waals surface area (Å²) in [4.78, 5) is 20.3. The zero-order chi connectivity index (χ0) is 17.6. The van der Waals surface area contributed by atoms with Gasteiger partial charge in [0.1, 0.15) is 10.8 Å². The fraction of sp³-hybridized carbons (Fsp3) is 0.389. The fourth-order valence-electron chi connectivity index (χ4n) is 3.08. The number of aldehydes is 1. The number of hydrogen-bond donors (Lipinski definition) is 3. The second-order valence-corrected chi connectivity index (χ2v) is 6.48. The number of nitrogens with zero attached hydrogens (tertiary/aromatic N) is 2. The first kappa shape index (κ1) is 17.6. The average molecular weight is 360 g/mol. The average Bonchev–Trinajstić information content (AvgIpc) is 2.64. The van der Waals surface area contributed by atoms with Crippen LogP contribution in [0.15, 0.2) is 18.3 Å². The van der Waals surface area contributed by atoms with Gasteiger partial charge in [-0.05, 0) is 55.8 Å². The van der Waals surface area contributed by atoms with Crippen molar-refractivity contribution in [1.82, 2.24) is 9.97 Å². The number of hydrogen-bond acceptors (Lipinski definition) is 6. The SMILES string of the molecule is NCCCNc1nc(Nc2ccc3c(c2C=O)CCCC3)ncc1Cl. The predicted molar refractivity (Wildman–Crippen MR) is 101 cm³/mol. The highest BCUT2D eigenvalue weighted by Gasteiger charge is 2.17. The van der Waals surface area contributed by atoms with Gasteiger partial charge in [0.2, 0.25) is 5.95 Å². The summed E-state index contributed by atoms with van der Waals surface area (Å²) in [5.41, 5.74) is 9.33. The van der Waals surface area contributed by atoms with E-state index in [1.54, 1.807) is 6.20 Å². The Morgan fingerprint density at radius 2 is 2.12 bits per heavy atom. The number of halogens is 1. The van der Waals surface area contributed by atoms with Crippen molar-refractivity contribution in [2.45, 2.75) is 32.1 Å². The largest absolute Gasteiger partial charge is 0.369 e. The van der Waals surface area contributed by atoms with E-state index in [2.05, 4.69) is 26.7 Å². The van der Waals surface area contributed by atoms with Crippen molar-refractivity contribution in [2.24, 2.45) is 5.73 Å². The third-order valence-electron chi connectivity index (χ3n) is 4.36. The van der Waals surface area contributed by atoms with E-state index in [9.17, 15) is 4.79 Å². The molecule has 4 N–H and O–H groups in total. The molecular formula is C18H22ClN5O. The lowest BCUT2D eigenvalue weighted by molar-refractivity contribution is 0.112. The van der Waals surface area contributed by atoms with Crippen LogP contribution in [0.25, 0.3) is 0 Å². The van der Waals surface area contributed by atoms with Gasteiger partial charge in [0.25, 0.3) is 0 Å². The summed E-state index contributed by atoms with van der Waals surface area (Å²) in [5.74, 6) is 0.955. The van der Waals surface area contributed by atoms with E-state index in [4.69, 9.17) is 17.3 Å². The Balaban J connectivity index is 1.85. The number of nitrogens with two attached hydrogens (primary N) is 1. The molecule has 0 radical (unpaired) electrons. The second-order valence-electron chi connectivity index (χ2n) is 6.07. The van der Waals surface area contributed by atoms with Crippen molar-refractivity contribution in [1.29, 1.82) is 0 Å². The summed E-state index contributed by atoms with van der Waals surface area (Å²) in [6.07, 6.45) is 7.54.